The van der Waals surface area contributed by atoms with Crippen molar-refractivity contribution in [3.05, 3.63) is 88.7 Å². The van der Waals surface area contributed by atoms with Gasteiger partial charge < -0.3 is 28.6 Å². The lowest BCUT2D eigenvalue weighted by Crippen LogP contribution is -2.50. The number of benzene rings is 3. The number of methoxy groups -OCH3 is 3. The summed E-state index contributed by atoms with van der Waals surface area (Å²) in [7, 11) is 5.06. The molecule has 1 aliphatic carbocycles. The zero-order valence-corrected chi connectivity index (χ0v) is 28.3. The molecule has 0 N–H and O–H groups in total. The number of fused-ring (bicyclic) bond motifs is 1. The van der Waals surface area contributed by atoms with Gasteiger partial charge in [-0.3, -0.25) is 0 Å². The van der Waals surface area contributed by atoms with Gasteiger partial charge in [-0.2, -0.15) is 0 Å². The molecular formula is C39H50FNO5. The second-order valence-corrected chi connectivity index (χ2v) is 14.3. The Balaban J connectivity index is 1.28. The van der Waals surface area contributed by atoms with Gasteiger partial charge in [0.05, 0.1) is 25.0 Å². The largest absolute Gasteiger partial charge is 0.496 e. The molecule has 3 atom stereocenters. The third-order valence-corrected chi connectivity index (χ3v) is 10.3. The van der Waals surface area contributed by atoms with Crippen molar-refractivity contribution in [1.82, 2.24) is 0 Å². The predicted molar refractivity (Wildman–Crippen MR) is 180 cm³/mol. The van der Waals surface area contributed by atoms with Crippen molar-refractivity contribution in [3.8, 4) is 11.5 Å². The zero-order valence-electron chi connectivity index (χ0n) is 28.3. The molecule has 2 saturated heterocycles. The lowest BCUT2D eigenvalue weighted by atomic mass is 9.69. The van der Waals surface area contributed by atoms with Crippen molar-refractivity contribution in [2.24, 2.45) is 5.92 Å². The molecule has 3 aromatic carbocycles. The van der Waals surface area contributed by atoms with Gasteiger partial charge in [0.1, 0.15) is 22.9 Å². The van der Waals surface area contributed by atoms with E-state index in [0.717, 1.165) is 68.7 Å². The molecule has 2 aliphatic heterocycles. The highest BCUT2D eigenvalue weighted by atomic mass is 19.1. The lowest BCUT2D eigenvalue weighted by Gasteiger charge is -2.47. The summed E-state index contributed by atoms with van der Waals surface area (Å²) in [5, 5.41) is 0. The quantitative estimate of drug-likeness (QED) is 0.233. The van der Waals surface area contributed by atoms with Crippen LogP contribution in [0.4, 0.5) is 10.1 Å². The maximum atomic E-state index is 16.3. The minimum Gasteiger partial charge on any atom is -0.496 e. The fraction of sp³-hybridized carbons (Fsp3) is 0.538. The van der Waals surface area contributed by atoms with Crippen LogP contribution in [-0.2, 0) is 20.6 Å². The Bertz CT molecular complexity index is 1470. The number of aryl methyl sites for hydroxylation is 1. The Morgan fingerprint density at radius 2 is 1.63 bits per heavy atom. The first-order chi connectivity index (χ1) is 22.1. The third kappa shape index (κ3) is 6.78. The van der Waals surface area contributed by atoms with Gasteiger partial charge in [-0.15, -0.1) is 0 Å². The van der Waals surface area contributed by atoms with Crippen molar-refractivity contribution >= 4 is 5.69 Å². The fourth-order valence-electron chi connectivity index (χ4n) is 8.01. The standard InChI is InChI=1S/C39H50FNO5/c1-38(2,3)46-29-13-15-31-27(22-29)12-14-30(26-10-8-7-9-11-26)36(31)32-23-33(40)34(24-35(32)42-4)41-20-18-39(19-21-41)17-16-28(25-45-39)37(43-5)44-6/h7-11,13,15,22-24,28,30,36-37H,12,14,16-21,25H2,1-6H3/t28?,30-,36+/m1/s1. The summed E-state index contributed by atoms with van der Waals surface area (Å²) < 4.78 is 46.1. The van der Waals surface area contributed by atoms with Gasteiger partial charge in [0.15, 0.2) is 6.29 Å². The Labute approximate surface area is 274 Å². The van der Waals surface area contributed by atoms with E-state index in [0.29, 0.717) is 12.3 Å². The fourth-order valence-corrected chi connectivity index (χ4v) is 8.01. The summed E-state index contributed by atoms with van der Waals surface area (Å²) in [4.78, 5) is 2.16. The molecule has 3 aliphatic rings. The van der Waals surface area contributed by atoms with Crippen LogP contribution in [0, 0.1) is 11.7 Å². The SMILES string of the molecule is COc1cc(N2CCC3(CCC(C(OC)OC)CO3)CC2)c(F)cc1[C@@H]1c2ccc(OC(C)(C)C)cc2CC[C@@H]1c1ccccc1. The number of rotatable bonds is 8. The van der Waals surface area contributed by atoms with Gasteiger partial charge in [0, 0.05) is 50.8 Å². The van der Waals surface area contributed by atoms with Crippen LogP contribution in [0.25, 0.3) is 0 Å². The second kappa shape index (κ2) is 13.5. The average Bonchev–Trinajstić information content (AvgIpc) is 3.06. The van der Waals surface area contributed by atoms with E-state index in [4.69, 9.17) is 23.7 Å². The summed E-state index contributed by atoms with van der Waals surface area (Å²) in [6.07, 6.45) is 5.33. The summed E-state index contributed by atoms with van der Waals surface area (Å²) in [6.45, 7) is 8.29. The van der Waals surface area contributed by atoms with E-state index >= 15 is 4.39 Å². The molecule has 0 radical (unpaired) electrons. The smallest absolute Gasteiger partial charge is 0.161 e. The van der Waals surface area contributed by atoms with Gasteiger partial charge in [-0.05, 0) is 100 Å². The Morgan fingerprint density at radius 1 is 0.891 bits per heavy atom. The summed E-state index contributed by atoms with van der Waals surface area (Å²) >= 11 is 0. The molecule has 248 valence electrons. The molecule has 46 heavy (non-hydrogen) atoms. The number of nitrogens with zero attached hydrogens (tertiary/aromatic N) is 1. The first-order valence-electron chi connectivity index (χ1n) is 16.8. The Kier molecular flexibility index (Phi) is 9.65. The van der Waals surface area contributed by atoms with Gasteiger partial charge in [-0.1, -0.05) is 36.4 Å². The highest BCUT2D eigenvalue weighted by molar-refractivity contribution is 5.59. The van der Waals surface area contributed by atoms with Crippen molar-refractivity contribution in [2.75, 3.05) is 45.9 Å². The van der Waals surface area contributed by atoms with Crippen molar-refractivity contribution in [2.45, 2.75) is 88.6 Å². The number of halogens is 1. The van der Waals surface area contributed by atoms with Gasteiger partial charge in [0.25, 0.3) is 0 Å². The van der Waals surface area contributed by atoms with Crippen molar-refractivity contribution < 1.29 is 28.1 Å². The molecule has 1 spiro atoms. The average molecular weight is 632 g/mol. The maximum absolute atomic E-state index is 16.3. The van der Waals surface area contributed by atoms with Gasteiger partial charge >= 0.3 is 0 Å². The molecule has 3 aromatic rings. The highest BCUT2D eigenvalue weighted by Crippen LogP contribution is 2.50. The van der Waals surface area contributed by atoms with E-state index in [2.05, 4.69) is 74.2 Å². The maximum Gasteiger partial charge on any atom is 0.161 e. The van der Waals surface area contributed by atoms with E-state index in [-0.39, 0.29) is 41.1 Å². The molecule has 7 heteroatoms. The van der Waals surface area contributed by atoms with Crippen LogP contribution in [0.2, 0.25) is 0 Å². The minimum atomic E-state index is -0.284. The molecular weight excluding hydrogens is 581 g/mol. The Hall–Kier alpha value is -3.13. The number of anilines is 1. The van der Waals surface area contributed by atoms with Gasteiger partial charge in [0.2, 0.25) is 0 Å². The van der Waals surface area contributed by atoms with Crippen LogP contribution < -0.4 is 14.4 Å². The topological polar surface area (TPSA) is 49.4 Å². The first kappa shape index (κ1) is 32.8. The highest BCUT2D eigenvalue weighted by Gasteiger charge is 2.42. The molecule has 0 amide bonds. The summed E-state index contributed by atoms with van der Waals surface area (Å²) in [5.74, 6) is 1.77. The van der Waals surface area contributed by atoms with E-state index in [1.165, 1.54) is 16.7 Å². The summed E-state index contributed by atoms with van der Waals surface area (Å²) in [5.41, 5.74) is 4.77. The molecule has 0 aromatic heterocycles. The number of piperidine rings is 1. The zero-order chi connectivity index (χ0) is 32.5. The predicted octanol–water partition coefficient (Wildman–Crippen LogP) is 8.26. The van der Waals surface area contributed by atoms with Crippen LogP contribution in [0.3, 0.4) is 0 Å². The van der Waals surface area contributed by atoms with E-state index in [1.807, 2.05) is 6.07 Å². The minimum absolute atomic E-state index is 0.0513. The number of ether oxygens (including phenoxy) is 5. The molecule has 6 rings (SSSR count). The van der Waals surface area contributed by atoms with Crippen LogP contribution in [-0.4, -0.2) is 58.5 Å². The second-order valence-electron chi connectivity index (χ2n) is 14.3. The number of hydrogen-bond acceptors (Lipinski definition) is 6. The monoisotopic (exact) mass is 631 g/mol. The molecule has 1 unspecified atom stereocenters. The Morgan fingerprint density at radius 3 is 2.26 bits per heavy atom. The first-order valence-corrected chi connectivity index (χ1v) is 16.8. The van der Waals surface area contributed by atoms with E-state index in [9.17, 15) is 0 Å². The van der Waals surface area contributed by atoms with E-state index in [1.54, 1.807) is 27.4 Å². The molecule has 0 saturated carbocycles. The molecule has 2 heterocycles. The van der Waals surface area contributed by atoms with Crippen molar-refractivity contribution in [3.63, 3.8) is 0 Å². The normalized spacial score (nSPS) is 23.0. The molecule has 0 bridgehead atoms. The lowest BCUT2D eigenvalue weighted by molar-refractivity contribution is -0.195. The molecule has 2 fully saturated rings. The third-order valence-electron chi connectivity index (χ3n) is 10.3. The van der Waals surface area contributed by atoms with Crippen LogP contribution in [0.15, 0.2) is 60.7 Å². The van der Waals surface area contributed by atoms with Gasteiger partial charge in [-0.25, -0.2) is 4.39 Å². The summed E-state index contributed by atoms with van der Waals surface area (Å²) in [6, 6.07) is 20.7. The van der Waals surface area contributed by atoms with Crippen LogP contribution in [0.5, 0.6) is 11.5 Å². The van der Waals surface area contributed by atoms with Crippen LogP contribution >= 0.6 is 0 Å². The van der Waals surface area contributed by atoms with Crippen molar-refractivity contribution in [1.29, 1.82) is 0 Å². The van der Waals surface area contributed by atoms with Crippen LogP contribution in [0.1, 0.15) is 87.0 Å². The number of hydrogen-bond donors (Lipinski definition) is 0. The van der Waals surface area contributed by atoms with E-state index < -0.39 is 0 Å². The molecule has 6 nitrogen and oxygen atoms in total.